The molecule has 0 aromatic heterocycles. The van der Waals surface area contributed by atoms with Gasteiger partial charge in [0.25, 0.3) is 0 Å². The summed E-state index contributed by atoms with van der Waals surface area (Å²) in [6.07, 6.45) is 7.34. The second kappa shape index (κ2) is 8.77. The first-order valence-corrected chi connectivity index (χ1v) is 10.2. The predicted molar refractivity (Wildman–Crippen MR) is 99.7 cm³/mol. The fourth-order valence-electron chi connectivity index (χ4n) is 3.86. The zero-order valence-electron chi connectivity index (χ0n) is 15.8. The van der Waals surface area contributed by atoms with Crippen LogP contribution in [0.15, 0.2) is 4.99 Å². The van der Waals surface area contributed by atoms with E-state index in [0.29, 0.717) is 12.6 Å². The third-order valence-electron chi connectivity index (χ3n) is 5.62. The fraction of sp³-hybridized carbons (Fsp3) is 0.895. The molecule has 3 rings (SSSR count). The molecule has 0 radical (unpaired) electrons. The van der Waals surface area contributed by atoms with Crippen LogP contribution in [0.4, 0.5) is 4.79 Å². The first-order chi connectivity index (χ1) is 12.2. The molecule has 0 bridgehead atoms. The molecular formula is C19H34N4O2. The summed E-state index contributed by atoms with van der Waals surface area (Å²) in [6, 6.07) is 0.378. The summed E-state index contributed by atoms with van der Waals surface area (Å²) < 4.78 is 5.09. The lowest BCUT2D eigenvalue weighted by molar-refractivity contribution is 0.0963. The summed E-state index contributed by atoms with van der Waals surface area (Å²) in [7, 11) is 0. The van der Waals surface area contributed by atoms with E-state index in [2.05, 4.69) is 17.6 Å². The van der Waals surface area contributed by atoms with Crippen LogP contribution >= 0.6 is 0 Å². The van der Waals surface area contributed by atoms with Crippen molar-refractivity contribution >= 4 is 12.1 Å². The molecule has 0 spiro atoms. The molecule has 1 aliphatic heterocycles. The summed E-state index contributed by atoms with van der Waals surface area (Å²) >= 11 is 0. The molecule has 6 nitrogen and oxygen atoms in total. The average Bonchev–Trinajstić information content (AvgIpc) is 3.50. The monoisotopic (exact) mass is 350 g/mol. The van der Waals surface area contributed by atoms with Crippen molar-refractivity contribution in [2.45, 2.75) is 58.4 Å². The van der Waals surface area contributed by atoms with Crippen molar-refractivity contribution in [1.82, 2.24) is 15.5 Å². The number of nitrogens with one attached hydrogen (secondary N) is 2. The fourth-order valence-corrected chi connectivity index (χ4v) is 3.86. The highest BCUT2D eigenvalue weighted by atomic mass is 16.6. The third-order valence-corrected chi connectivity index (χ3v) is 5.62. The number of amides is 1. The smallest absolute Gasteiger partial charge is 0.409 e. The molecule has 142 valence electrons. The maximum atomic E-state index is 11.8. The van der Waals surface area contributed by atoms with Gasteiger partial charge in [-0.15, -0.1) is 0 Å². The molecule has 2 aliphatic carbocycles. The van der Waals surface area contributed by atoms with Gasteiger partial charge in [0.15, 0.2) is 5.96 Å². The summed E-state index contributed by atoms with van der Waals surface area (Å²) in [5.74, 6) is 3.63. The van der Waals surface area contributed by atoms with E-state index >= 15 is 0 Å². The number of nitrogens with zero attached hydrogens (tertiary/aromatic N) is 2. The van der Waals surface area contributed by atoms with Crippen molar-refractivity contribution in [2.24, 2.45) is 22.7 Å². The number of guanidine groups is 1. The van der Waals surface area contributed by atoms with Crippen LogP contribution in [0.25, 0.3) is 0 Å². The van der Waals surface area contributed by atoms with Gasteiger partial charge in [-0.2, -0.15) is 0 Å². The van der Waals surface area contributed by atoms with Gasteiger partial charge in [0.05, 0.1) is 6.61 Å². The van der Waals surface area contributed by atoms with Crippen LogP contribution in [0.3, 0.4) is 0 Å². The van der Waals surface area contributed by atoms with E-state index in [4.69, 9.17) is 9.73 Å². The van der Waals surface area contributed by atoms with Crippen LogP contribution in [0.5, 0.6) is 0 Å². The molecule has 0 unspecified atom stereocenters. The zero-order valence-corrected chi connectivity index (χ0v) is 15.8. The van der Waals surface area contributed by atoms with Crippen LogP contribution in [0.2, 0.25) is 0 Å². The quantitative estimate of drug-likeness (QED) is 0.547. The molecule has 2 saturated carbocycles. The van der Waals surface area contributed by atoms with Gasteiger partial charge in [-0.05, 0) is 70.1 Å². The number of carbonyl (C=O) groups is 1. The Hall–Kier alpha value is -1.46. The van der Waals surface area contributed by atoms with Crippen molar-refractivity contribution in [3.05, 3.63) is 0 Å². The number of piperidine rings is 1. The zero-order chi connectivity index (χ0) is 17.6. The number of ether oxygens (including phenoxy) is 1. The molecule has 2 N–H and O–H groups in total. The summed E-state index contributed by atoms with van der Waals surface area (Å²) in [5.41, 5.74) is 0. The van der Waals surface area contributed by atoms with Crippen LogP contribution in [-0.4, -0.2) is 55.8 Å². The predicted octanol–water partition coefficient (Wildman–Crippen LogP) is 2.60. The molecule has 1 saturated heterocycles. The minimum Gasteiger partial charge on any atom is -0.450 e. The molecule has 1 amide bonds. The van der Waals surface area contributed by atoms with Crippen LogP contribution in [-0.2, 0) is 4.74 Å². The second-order valence-electron chi connectivity index (χ2n) is 7.66. The van der Waals surface area contributed by atoms with Crippen LogP contribution in [0, 0.1) is 17.8 Å². The van der Waals surface area contributed by atoms with Gasteiger partial charge in [0.1, 0.15) is 0 Å². The van der Waals surface area contributed by atoms with Crippen molar-refractivity contribution in [1.29, 1.82) is 0 Å². The Bertz CT molecular complexity index is 454. The molecule has 6 heteroatoms. The Labute approximate surface area is 151 Å². The third kappa shape index (κ3) is 5.51. The molecule has 25 heavy (non-hydrogen) atoms. The van der Waals surface area contributed by atoms with Gasteiger partial charge in [0, 0.05) is 32.2 Å². The van der Waals surface area contributed by atoms with E-state index < -0.39 is 0 Å². The van der Waals surface area contributed by atoms with E-state index in [-0.39, 0.29) is 6.09 Å². The van der Waals surface area contributed by atoms with Crippen LogP contribution < -0.4 is 10.6 Å². The van der Waals surface area contributed by atoms with E-state index in [0.717, 1.165) is 62.7 Å². The first kappa shape index (κ1) is 18.3. The minimum atomic E-state index is -0.182. The Morgan fingerprint density at radius 1 is 1.12 bits per heavy atom. The largest absolute Gasteiger partial charge is 0.450 e. The molecule has 1 heterocycles. The highest BCUT2D eigenvalue weighted by molar-refractivity contribution is 5.80. The Balaban J connectivity index is 1.46. The van der Waals surface area contributed by atoms with E-state index in [1.54, 1.807) is 0 Å². The number of aliphatic imine (C=N–C) groups is 1. The Kier molecular flexibility index (Phi) is 6.43. The average molecular weight is 351 g/mol. The number of hydrogen-bond acceptors (Lipinski definition) is 3. The highest BCUT2D eigenvalue weighted by Crippen LogP contribution is 2.49. The van der Waals surface area contributed by atoms with Crippen molar-refractivity contribution in [3.63, 3.8) is 0 Å². The molecule has 0 aromatic rings. The van der Waals surface area contributed by atoms with Gasteiger partial charge >= 0.3 is 6.09 Å². The molecular weight excluding hydrogens is 316 g/mol. The minimum absolute atomic E-state index is 0.182. The lowest BCUT2D eigenvalue weighted by Gasteiger charge is -2.32. The van der Waals surface area contributed by atoms with Gasteiger partial charge < -0.3 is 20.3 Å². The van der Waals surface area contributed by atoms with Gasteiger partial charge in [-0.3, -0.25) is 4.99 Å². The standard InChI is InChI=1S/C19H34N4O2/c1-3-20-18(21-13-17(14-5-6-14)15-7-8-15)22-16-9-11-23(12-10-16)19(24)25-4-2/h14-17H,3-13H2,1-2H3,(H2,20,21,22). The van der Waals surface area contributed by atoms with E-state index in [9.17, 15) is 4.79 Å². The molecule has 0 atom stereocenters. The number of hydrogen-bond donors (Lipinski definition) is 2. The summed E-state index contributed by atoms with van der Waals surface area (Å²) in [6.45, 7) is 7.75. The van der Waals surface area contributed by atoms with Crippen molar-refractivity contribution in [3.8, 4) is 0 Å². The van der Waals surface area contributed by atoms with Gasteiger partial charge in [-0.1, -0.05) is 0 Å². The molecule has 3 fully saturated rings. The highest BCUT2D eigenvalue weighted by Gasteiger charge is 2.41. The summed E-state index contributed by atoms with van der Waals surface area (Å²) in [4.78, 5) is 18.5. The van der Waals surface area contributed by atoms with E-state index in [1.807, 2.05) is 11.8 Å². The Morgan fingerprint density at radius 3 is 2.28 bits per heavy atom. The maximum Gasteiger partial charge on any atom is 0.409 e. The topological polar surface area (TPSA) is 66.0 Å². The Morgan fingerprint density at radius 2 is 1.76 bits per heavy atom. The van der Waals surface area contributed by atoms with Crippen LogP contribution in [0.1, 0.15) is 52.4 Å². The maximum absolute atomic E-state index is 11.8. The van der Waals surface area contributed by atoms with Gasteiger partial charge in [-0.25, -0.2) is 4.79 Å². The SMILES string of the molecule is CCNC(=NCC(C1CC1)C1CC1)NC1CCN(C(=O)OCC)CC1. The first-order valence-electron chi connectivity index (χ1n) is 10.2. The second-order valence-corrected chi connectivity index (χ2v) is 7.66. The molecule has 3 aliphatic rings. The van der Waals surface area contributed by atoms with Gasteiger partial charge in [0.2, 0.25) is 0 Å². The lowest BCUT2D eigenvalue weighted by atomic mass is 9.98. The van der Waals surface area contributed by atoms with E-state index in [1.165, 1.54) is 25.7 Å². The van der Waals surface area contributed by atoms with Crippen molar-refractivity contribution < 1.29 is 9.53 Å². The molecule has 0 aromatic carbocycles. The normalized spacial score (nSPS) is 22.2. The number of carbonyl (C=O) groups excluding carboxylic acids is 1. The summed E-state index contributed by atoms with van der Waals surface area (Å²) in [5, 5.41) is 6.97. The lowest BCUT2D eigenvalue weighted by Crippen LogP contribution is -2.50. The number of rotatable bonds is 7. The number of likely N-dealkylation sites (tertiary alicyclic amines) is 1. The van der Waals surface area contributed by atoms with Crippen molar-refractivity contribution in [2.75, 3.05) is 32.8 Å².